The largest absolute Gasteiger partial charge is 0.452 e. The van der Waals surface area contributed by atoms with E-state index in [0.717, 1.165) is 19.3 Å². The van der Waals surface area contributed by atoms with Gasteiger partial charge in [-0.25, -0.2) is 0 Å². The molecule has 0 saturated carbocycles. The topological polar surface area (TPSA) is 44.1 Å². The first-order chi connectivity index (χ1) is 8.72. The van der Waals surface area contributed by atoms with Crippen molar-refractivity contribution in [1.82, 2.24) is 9.78 Å². The number of aromatic nitrogens is 2. The number of nitrogens with zero attached hydrogens (tertiary/aromatic N) is 2. The fraction of sp³-hybridized carbons (Fsp3) is 0.231. The Bertz CT molecular complexity index is 552. The average Bonchev–Trinajstić information content (AvgIpc) is 2.80. The summed E-state index contributed by atoms with van der Waals surface area (Å²) in [6, 6.07) is 4.90. The maximum atomic E-state index is 10.6. The number of carbonyl (C=O) groups is 1. The van der Waals surface area contributed by atoms with Gasteiger partial charge in [-0.3, -0.25) is 9.48 Å². The van der Waals surface area contributed by atoms with Gasteiger partial charge in [0.1, 0.15) is 12.0 Å². The van der Waals surface area contributed by atoms with Crippen LogP contribution < -0.4 is 4.74 Å². The van der Waals surface area contributed by atoms with E-state index in [9.17, 15) is 4.79 Å². The number of hydrogen-bond donors (Lipinski definition) is 0. The van der Waals surface area contributed by atoms with E-state index in [0.29, 0.717) is 22.1 Å². The third kappa shape index (κ3) is 2.90. The molecule has 94 valence electrons. The van der Waals surface area contributed by atoms with Gasteiger partial charge < -0.3 is 4.74 Å². The number of ether oxygens (including phenoxy) is 1. The third-order valence-corrected chi connectivity index (χ3v) is 2.68. The number of rotatable bonds is 5. The molecule has 1 aromatic carbocycles. The molecule has 0 amide bonds. The van der Waals surface area contributed by atoms with Gasteiger partial charge in [0.15, 0.2) is 5.75 Å². The Balaban J connectivity index is 2.15. The molecule has 2 rings (SSSR count). The number of aryl methyl sites for hydroxylation is 1. The van der Waals surface area contributed by atoms with E-state index in [1.54, 1.807) is 24.4 Å². The molecule has 0 unspecified atom stereocenters. The van der Waals surface area contributed by atoms with Crippen LogP contribution in [0.5, 0.6) is 11.5 Å². The molecule has 0 aliphatic heterocycles. The zero-order chi connectivity index (χ0) is 13.0. The van der Waals surface area contributed by atoms with E-state index in [2.05, 4.69) is 12.0 Å². The summed E-state index contributed by atoms with van der Waals surface area (Å²) >= 11 is 6.01. The summed E-state index contributed by atoms with van der Waals surface area (Å²) in [5.74, 6) is 1.14. The van der Waals surface area contributed by atoms with E-state index < -0.39 is 0 Å². The molecule has 0 bridgehead atoms. The van der Waals surface area contributed by atoms with Crippen molar-refractivity contribution in [3.05, 3.63) is 41.2 Å². The van der Waals surface area contributed by atoms with E-state index >= 15 is 0 Å². The van der Waals surface area contributed by atoms with E-state index in [1.807, 2.05) is 10.9 Å². The SMILES string of the molecule is CCCn1cc(Oc2ccc(C=O)cc2Cl)cn1. The molecule has 1 aromatic heterocycles. The highest BCUT2D eigenvalue weighted by Gasteiger charge is 2.06. The van der Waals surface area contributed by atoms with Gasteiger partial charge in [-0.1, -0.05) is 18.5 Å². The Morgan fingerprint density at radius 1 is 1.50 bits per heavy atom. The lowest BCUT2D eigenvalue weighted by atomic mass is 10.2. The summed E-state index contributed by atoms with van der Waals surface area (Å²) in [6.07, 6.45) is 5.21. The third-order valence-electron chi connectivity index (χ3n) is 2.38. The normalized spacial score (nSPS) is 10.3. The maximum absolute atomic E-state index is 10.6. The van der Waals surface area contributed by atoms with E-state index in [1.165, 1.54) is 0 Å². The quantitative estimate of drug-likeness (QED) is 0.776. The number of halogens is 1. The molecule has 0 aliphatic carbocycles. The summed E-state index contributed by atoms with van der Waals surface area (Å²) in [5, 5.41) is 4.56. The molecule has 0 N–H and O–H groups in total. The molecular formula is C13H13ClN2O2. The van der Waals surface area contributed by atoms with Gasteiger partial charge in [0.05, 0.1) is 17.4 Å². The minimum Gasteiger partial charge on any atom is -0.452 e. The minimum atomic E-state index is 0.405. The van der Waals surface area contributed by atoms with Crippen molar-refractivity contribution in [2.45, 2.75) is 19.9 Å². The molecular weight excluding hydrogens is 252 g/mol. The Morgan fingerprint density at radius 2 is 2.33 bits per heavy atom. The molecule has 0 radical (unpaired) electrons. The molecule has 2 aromatic rings. The summed E-state index contributed by atoms with van der Waals surface area (Å²) < 4.78 is 7.41. The smallest absolute Gasteiger partial charge is 0.165 e. The zero-order valence-electron chi connectivity index (χ0n) is 9.97. The lowest BCUT2D eigenvalue weighted by molar-refractivity contribution is 0.112. The lowest BCUT2D eigenvalue weighted by Gasteiger charge is -2.05. The van der Waals surface area contributed by atoms with Crippen LogP contribution >= 0.6 is 11.6 Å². The fourth-order valence-corrected chi connectivity index (χ4v) is 1.78. The molecule has 0 fully saturated rings. The molecule has 1 heterocycles. The van der Waals surface area contributed by atoms with Crippen LogP contribution in [0.3, 0.4) is 0 Å². The Labute approximate surface area is 110 Å². The number of hydrogen-bond acceptors (Lipinski definition) is 3. The van der Waals surface area contributed by atoms with Crippen molar-refractivity contribution in [1.29, 1.82) is 0 Å². The standard InChI is InChI=1S/C13H13ClN2O2/c1-2-5-16-8-11(7-15-16)18-13-4-3-10(9-17)6-12(13)14/h3-4,6-9H,2,5H2,1H3. The summed E-state index contributed by atoms with van der Waals surface area (Å²) in [7, 11) is 0. The van der Waals surface area contributed by atoms with Crippen LogP contribution in [0.2, 0.25) is 5.02 Å². The first-order valence-corrected chi connectivity index (χ1v) is 6.05. The van der Waals surface area contributed by atoms with Gasteiger partial charge in [-0.2, -0.15) is 5.10 Å². The summed E-state index contributed by atoms with van der Waals surface area (Å²) in [6.45, 7) is 2.93. The van der Waals surface area contributed by atoms with Crippen LogP contribution in [-0.4, -0.2) is 16.1 Å². The highest BCUT2D eigenvalue weighted by atomic mass is 35.5. The monoisotopic (exact) mass is 264 g/mol. The Hall–Kier alpha value is -1.81. The molecule has 0 saturated heterocycles. The Kier molecular flexibility index (Phi) is 3.99. The van der Waals surface area contributed by atoms with Crippen LogP contribution in [0.15, 0.2) is 30.6 Å². The fourth-order valence-electron chi connectivity index (χ4n) is 1.55. The summed E-state index contributed by atoms with van der Waals surface area (Å²) in [4.78, 5) is 10.6. The average molecular weight is 265 g/mol. The minimum absolute atomic E-state index is 0.405. The molecule has 5 heteroatoms. The second-order valence-electron chi connectivity index (χ2n) is 3.85. The van der Waals surface area contributed by atoms with Gasteiger partial charge in [0.25, 0.3) is 0 Å². The first kappa shape index (κ1) is 12.6. The van der Waals surface area contributed by atoms with Gasteiger partial charge >= 0.3 is 0 Å². The molecule has 0 aliphatic rings. The molecule has 0 atom stereocenters. The first-order valence-electron chi connectivity index (χ1n) is 5.68. The Morgan fingerprint density at radius 3 is 3.00 bits per heavy atom. The zero-order valence-corrected chi connectivity index (χ0v) is 10.7. The second-order valence-corrected chi connectivity index (χ2v) is 4.26. The molecule has 0 spiro atoms. The van der Waals surface area contributed by atoms with Crippen LogP contribution in [0.1, 0.15) is 23.7 Å². The van der Waals surface area contributed by atoms with Crippen molar-refractivity contribution >= 4 is 17.9 Å². The van der Waals surface area contributed by atoms with Gasteiger partial charge in [-0.05, 0) is 24.6 Å². The molecule has 18 heavy (non-hydrogen) atoms. The lowest BCUT2D eigenvalue weighted by Crippen LogP contribution is -1.95. The van der Waals surface area contributed by atoms with Gasteiger partial charge in [0, 0.05) is 12.1 Å². The summed E-state index contributed by atoms with van der Waals surface area (Å²) in [5.41, 5.74) is 0.522. The van der Waals surface area contributed by atoms with Crippen molar-refractivity contribution in [2.24, 2.45) is 0 Å². The van der Waals surface area contributed by atoms with E-state index in [-0.39, 0.29) is 0 Å². The highest BCUT2D eigenvalue weighted by molar-refractivity contribution is 6.32. The van der Waals surface area contributed by atoms with Crippen LogP contribution in [0, 0.1) is 0 Å². The number of carbonyl (C=O) groups excluding carboxylic acids is 1. The van der Waals surface area contributed by atoms with Crippen LogP contribution in [0.4, 0.5) is 0 Å². The van der Waals surface area contributed by atoms with Crippen molar-refractivity contribution < 1.29 is 9.53 Å². The highest BCUT2D eigenvalue weighted by Crippen LogP contribution is 2.29. The van der Waals surface area contributed by atoms with Crippen LogP contribution in [-0.2, 0) is 6.54 Å². The predicted octanol–water partition coefficient (Wildman–Crippen LogP) is 3.55. The van der Waals surface area contributed by atoms with Gasteiger partial charge in [-0.15, -0.1) is 0 Å². The van der Waals surface area contributed by atoms with E-state index in [4.69, 9.17) is 16.3 Å². The molecule has 4 nitrogen and oxygen atoms in total. The number of benzene rings is 1. The van der Waals surface area contributed by atoms with Crippen molar-refractivity contribution in [3.8, 4) is 11.5 Å². The second kappa shape index (κ2) is 5.69. The maximum Gasteiger partial charge on any atom is 0.165 e. The predicted molar refractivity (Wildman–Crippen MR) is 69.4 cm³/mol. The number of aldehydes is 1. The van der Waals surface area contributed by atoms with Gasteiger partial charge in [0.2, 0.25) is 0 Å². The van der Waals surface area contributed by atoms with Crippen molar-refractivity contribution in [2.75, 3.05) is 0 Å². The van der Waals surface area contributed by atoms with Crippen molar-refractivity contribution in [3.63, 3.8) is 0 Å². The van der Waals surface area contributed by atoms with Crippen LogP contribution in [0.25, 0.3) is 0 Å².